The number of carbonyl (C=O) groups excluding carboxylic acids is 1. The molecule has 2 N–H and O–H groups in total. The average molecular weight is 1220 g/mol. The van der Waals surface area contributed by atoms with Gasteiger partial charge in [-0.05, 0) is 88.0 Å². The van der Waals surface area contributed by atoms with Gasteiger partial charge in [-0.3, -0.25) is 9.36 Å². The molecule has 0 spiro atoms. The summed E-state index contributed by atoms with van der Waals surface area (Å²) in [7, 11) is 0. The molecule has 416 valence electrons. The van der Waals surface area contributed by atoms with Crippen molar-refractivity contribution in [3.8, 4) is 6.07 Å². The van der Waals surface area contributed by atoms with E-state index in [4.69, 9.17) is 34.9 Å². The van der Waals surface area contributed by atoms with Crippen molar-refractivity contribution in [3.63, 3.8) is 0 Å². The van der Waals surface area contributed by atoms with Crippen molar-refractivity contribution in [2.45, 2.75) is 19.3 Å². The molecule has 4 aliphatic rings. The van der Waals surface area contributed by atoms with E-state index in [1.54, 1.807) is 11.3 Å². The number of carbonyl (C=O) groups is 1. The number of benzene rings is 6. The van der Waals surface area contributed by atoms with Crippen LogP contribution in [-0.4, -0.2) is 112 Å². The minimum Gasteiger partial charge on any atom is -0.378 e. The molecule has 6 aromatic carbocycles. The molecule has 1 amide bonds. The Kier molecular flexibility index (Phi) is 19.7. The van der Waals surface area contributed by atoms with Crippen LogP contribution in [0.15, 0.2) is 143 Å². The molecule has 7 heterocycles. The predicted molar refractivity (Wildman–Crippen MR) is 330 cm³/mol. The second kappa shape index (κ2) is 27.6. The number of nitrogens with zero attached hydrogens (tertiary/aromatic N) is 10. The average Bonchev–Trinajstić information content (AvgIpc) is 4.36. The second-order valence-electron chi connectivity index (χ2n) is 19.0. The highest BCUT2D eigenvalue weighted by atomic mass is 36.0. The summed E-state index contributed by atoms with van der Waals surface area (Å²) < 4.78 is 25.8. The van der Waals surface area contributed by atoms with Crippen molar-refractivity contribution in [3.05, 3.63) is 176 Å². The number of anilines is 3. The monoisotopic (exact) mass is 1220 g/mol. The molecule has 81 heavy (non-hydrogen) atoms. The highest BCUT2D eigenvalue weighted by molar-refractivity contribution is 8.24. The first-order valence-electron chi connectivity index (χ1n) is 26.1. The number of rotatable bonds is 11. The van der Waals surface area contributed by atoms with E-state index in [9.17, 15) is 14.6 Å². The Morgan fingerprint density at radius 2 is 0.938 bits per heavy atom. The van der Waals surface area contributed by atoms with Crippen molar-refractivity contribution in [2.24, 2.45) is 21.2 Å². The lowest BCUT2D eigenvalue weighted by Gasteiger charge is -2.26. The van der Waals surface area contributed by atoms with Crippen LogP contribution in [0.1, 0.15) is 53.2 Å². The van der Waals surface area contributed by atoms with E-state index < -0.39 is 11.1 Å². The van der Waals surface area contributed by atoms with E-state index in [-0.39, 0.29) is 0 Å². The van der Waals surface area contributed by atoms with E-state index in [1.165, 1.54) is 66.1 Å². The molecule has 0 radical (unpaired) electrons. The molecule has 23 heteroatoms. The molecule has 3 saturated heterocycles. The van der Waals surface area contributed by atoms with Crippen molar-refractivity contribution in [1.82, 2.24) is 15.0 Å². The molecule has 0 saturated carbocycles. The fraction of sp³-hybridized carbons (Fsp3) is 0.276. The molecule has 0 bridgehead atoms. The molecular formula is C58H55Cl3N11O5PS3. The number of nitriles is 1. The number of thiazole rings is 3. The lowest BCUT2D eigenvalue weighted by Crippen LogP contribution is -2.36. The number of morpholine rings is 3. The number of hydrogen-bond acceptors (Lipinski definition) is 18. The van der Waals surface area contributed by atoms with Crippen LogP contribution in [0.3, 0.4) is 0 Å². The third kappa shape index (κ3) is 15.8. The maximum absolute atomic E-state index is 11.9. The minimum atomic E-state index is -3.22. The van der Waals surface area contributed by atoms with Gasteiger partial charge < -0.3 is 34.6 Å². The zero-order valence-corrected chi connectivity index (χ0v) is 49.4. The number of amides is 1. The van der Waals surface area contributed by atoms with Gasteiger partial charge in [-0.1, -0.05) is 161 Å². The van der Waals surface area contributed by atoms with Gasteiger partial charge in [0.25, 0.3) is 5.91 Å². The molecular weight excluding hydrogens is 1160 g/mol. The summed E-state index contributed by atoms with van der Waals surface area (Å²) in [5.41, 5.74) is 12.8. The highest BCUT2D eigenvalue weighted by Crippen LogP contribution is 2.61. The van der Waals surface area contributed by atoms with Crippen LogP contribution in [0.25, 0.3) is 32.3 Å². The summed E-state index contributed by atoms with van der Waals surface area (Å²) in [5.74, 6) is -0.409. The number of hydrogen-bond donors (Lipinski definition) is 1. The standard InChI is InChI=1S/C20H19N5OS.C19H19N3O2S.C19H17N3OS.Cl3OP/c1-2-4-16-11-14(5-6-15(16)3-1)12-17-19(18-13-21-24-23-18)27-20(22-17)25-7-9-26-10-8-25;20-18(23)17-16(21-19(25-17)22-7-9-24-10-8-22)12-13-5-6-14-3-1-2-4-15(14)11-13;20-13-18-17(21-19(24-18)22-7-9-23-10-8-22)12-14-5-6-15-3-1-2-4-16(15)11-14;1-5(2,3)4/h1-6,11H,7-10,12-13H2;1-6,11H,7-10,12H2,(H2,20,23);1-6,11H,7-10,12H2;. The number of halogens is 3. The van der Waals surface area contributed by atoms with Gasteiger partial charge in [-0.15, -0.1) is 5.10 Å². The van der Waals surface area contributed by atoms with Gasteiger partial charge in [0.05, 0.1) is 61.6 Å². The first-order chi connectivity index (χ1) is 39.4. The molecule has 0 aliphatic carbocycles. The van der Waals surface area contributed by atoms with E-state index in [0.717, 1.165) is 121 Å². The maximum atomic E-state index is 11.9. The number of primary amides is 1. The largest absolute Gasteiger partial charge is 0.378 e. The van der Waals surface area contributed by atoms with E-state index in [1.807, 2.05) is 24.3 Å². The molecule has 0 unspecified atom stereocenters. The third-order valence-corrected chi connectivity index (χ3v) is 16.9. The van der Waals surface area contributed by atoms with Crippen LogP contribution in [0.2, 0.25) is 0 Å². The van der Waals surface area contributed by atoms with E-state index >= 15 is 0 Å². The summed E-state index contributed by atoms with van der Waals surface area (Å²) in [6, 6.07) is 46.7. The van der Waals surface area contributed by atoms with Crippen molar-refractivity contribution >= 4 is 132 Å². The van der Waals surface area contributed by atoms with Crippen LogP contribution < -0.4 is 20.4 Å². The van der Waals surface area contributed by atoms with Crippen LogP contribution in [0.4, 0.5) is 15.4 Å². The lowest BCUT2D eigenvalue weighted by atomic mass is 10.0. The smallest absolute Gasteiger partial charge is 0.339 e. The molecule has 13 rings (SSSR count). The van der Waals surface area contributed by atoms with Gasteiger partial charge in [0.15, 0.2) is 15.4 Å². The van der Waals surface area contributed by atoms with Gasteiger partial charge in [-0.2, -0.15) is 10.4 Å². The van der Waals surface area contributed by atoms with Crippen molar-refractivity contribution in [2.75, 3.05) is 100 Å². The normalized spacial score (nSPS) is 15.3. The zero-order valence-electron chi connectivity index (χ0n) is 43.8. The fourth-order valence-corrected chi connectivity index (χ4v) is 12.5. The molecule has 4 aliphatic heterocycles. The maximum Gasteiger partial charge on any atom is 0.339 e. The zero-order chi connectivity index (χ0) is 56.1. The number of nitrogens with two attached hydrogens (primary N) is 1. The Morgan fingerprint density at radius 3 is 1.36 bits per heavy atom. The molecule has 16 nitrogen and oxygen atoms in total. The molecule has 9 aromatic rings. The van der Waals surface area contributed by atoms with Gasteiger partial charge in [0, 0.05) is 58.5 Å². The summed E-state index contributed by atoms with van der Waals surface area (Å²) in [4.78, 5) is 35.3. The van der Waals surface area contributed by atoms with Crippen molar-refractivity contribution in [1.29, 1.82) is 5.26 Å². The Balaban J connectivity index is 0.000000131. The van der Waals surface area contributed by atoms with Gasteiger partial charge >= 0.3 is 5.20 Å². The van der Waals surface area contributed by atoms with Gasteiger partial charge in [-0.25, -0.2) is 15.0 Å². The fourth-order valence-electron chi connectivity index (χ4n) is 9.51. The quantitative estimate of drug-likeness (QED) is 0.120. The second-order valence-corrected chi connectivity index (χ2v) is 28.6. The van der Waals surface area contributed by atoms with Gasteiger partial charge in [0.1, 0.15) is 28.1 Å². The van der Waals surface area contributed by atoms with Crippen LogP contribution >= 0.6 is 72.9 Å². The minimum absolute atomic E-state index is 0.409. The Hall–Kier alpha value is -6.40. The predicted octanol–water partition coefficient (Wildman–Crippen LogP) is 13.1. The first-order valence-corrected chi connectivity index (χ1v) is 33.0. The summed E-state index contributed by atoms with van der Waals surface area (Å²) >= 11 is 18.4. The van der Waals surface area contributed by atoms with Crippen molar-refractivity contribution < 1.29 is 23.6 Å². The van der Waals surface area contributed by atoms with E-state index in [2.05, 4.69) is 173 Å². The highest BCUT2D eigenvalue weighted by Gasteiger charge is 2.25. The first kappa shape index (κ1) is 57.8. The Bertz CT molecular complexity index is 3800. The van der Waals surface area contributed by atoms with E-state index in [0.29, 0.717) is 42.4 Å². The Labute approximate surface area is 495 Å². The molecule has 3 fully saturated rings. The lowest BCUT2D eigenvalue weighted by molar-refractivity contribution is 0.100. The number of fused-ring (bicyclic) bond motifs is 3. The topological polar surface area (TPSA) is 197 Å². The van der Waals surface area contributed by atoms with Crippen LogP contribution in [0.5, 0.6) is 0 Å². The molecule has 3 aromatic heterocycles. The number of aromatic nitrogens is 3. The Morgan fingerprint density at radius 1 is 0.556 bits per heavy atom. The summed E-state index contributed by atoms with van der Waals surface area (Å²) in [5, 5.41) is 28.5. The summed E-state index contributed by atoms with van der Waals surface area (Å²) in [6.45, 7) is 9.88. The van der Waals surface area contributed by atoms with Crippen LogP contribution in [0, 0.1) is 11.3 Å². The molecule has 0 atom stereocenters. The van der Waals surface area contributed by atoms with Gasteiger partial charge in [0.2, 0.25) is 0 Å². The SMILES string of the molecule is N#Cc1sc(N2CCOCC2)nc1Cc1ccc2ccccc2c1.NC(=O)c1sc(N2CCOCC2)nc1Cc1ccc2ccccc2c1.O=P(Cl)(Cl)Cl.c1ccc2cc(Cc3nc(N4CCOCC4)sc3C3=NN=NC3)ccc2c1. The summed E-state index contributed by atoms with van der Waals surface area (Å²) in [6.07, 6.45) is 2.07. The number of ether oxygens (including phenoxy) is 3. The van der Waals surface area contributed by atoms with Crippen LogP contribution in [-0.2, 0) is 38.0 Å². The third-order valence-electron chi connectivity index (χ3n) is 13.5.